The van der Waals surface area contributed by atoms with E-state index in [0.29, 0.717) is 5.25 Å². The summed E-state index contributed by atoms with van der Waals surface area (Å²) in [6, 6.07) is 6.81. The first-order valence-corrected chi connectivity index (χ1v) is 5.49. The van der Waals surface area contributed by atoms with E-state index in [1.165, 1.54) is 17.7 Å². The van der Waals surface area contributed by atoms with Crippen molar-refractivity contribution in [2.75, 3.05) is 18.8 Å². The van der Waals surface area contributed by atoms with Gasteiger partial charge in [-0.1, -0.05) is 12.1 Å². The van der Waals surface area contributed by atoms with E-state index in [9.17, 15) is 4.39 Å². The molecular weight excluding hydrogens is 221 g/mol. The summed E-state index contributed by atoms with van der Waals surface area (Å²) in [5, 5.41) is 3.83. The molecule has 1 heterocycles. The van der Waals surface area contributed by atoms with Gasteiger partial charge in [0.2, 0.25) is 0 Å². The molecule has 1 aliphatic rings. The number of benzene rings is 1. The van der Waals surface area contributed by atoms with Crippen LogP contribution in [-0.2, 0) is 0 Å². The molecule has 1 fully saturated rings. The highest BCUT2D eigenvalue weighted by molar-refractivity contribution is 7.99. The molecular formula is C10H13ClFNS. The van der Waals surface area contributed by atoms with Gasteiger partial charge in [0, 0.05) is 24.1 Å². The Morgan fingerprint density at radius 2 is 2.00 bits per heavy atom. The SMILES string of the molecule is Cl.Fc1ccc(C2CNCCS2)cc1. The molecule has 14 heavy (non-hydrogen) atoms. The molecule has 1 atom stereocenters. The third kappa shape index (κ3) is 2.87. The average Bonchev–Trinajstić information content (AvgIpc) is 2.20. The Morgan fingerprint density at radius 3 is 2.57 bits per heavy atom. The number of rotatable bonds is 1. The second kappa shape index (κ2) is 5.59. The van der Waals surface area contributed by atoms with Gasteiger partial charge in [-0.05, 0) is 17.7 Å². The quantitative estimate of drug-likeness (QED) is 0.801. The molecule has 0 aromatic heterocycles. The minimum absolute atomic E-state index is 0. The summed E-state index contributed by atoms with van der Waals surface area (Å²) in [5.41, 5.74) is 1.22. The second-order valence-electron chi connectivity index (χ2n) is 3.12. The van der Waals surface area contributed by atoms with Crippen molar-refractivity contribution in [3.8, 4) is 0 Å². The molecule has 0 bridgehead atoms. The van der Waals surface area contributed by atoms with Gasteiger partial charge in [0.25, 0.3) is 0 Å². The van der Waals surface area contributed by atoms with Crippen LogP contribution in [0.25, 0.3) is 0 Å². The van der Waals surface area contributed by atoms with Crippen molar-refractivity contribution in [3.05, 3.63) is 35.6 Å². The fraction of sp³-hybridized carbons (Fsp3) is 0.400. The highest BCUT2D eigenvalue weighted by atomic mass is 35.5. The summed E-state index contributed by atoms with van der Waals surface area (Å²) >= 11 is 1.94. The largest absolute Gasteiger partial charge is 0.314 e. The zero-order chi connectivity index (χ0) is 9.10. The Labute approximate surface area is 93.9 Å². The zero-order valence-electron chi connectivity index (χ0n) is 7.70. The minimum Gasteiger partial charge on any atom is -0.314 e. The molecule has 1 aliphatic heterocycles. The highest BCUT2D eigenvalue weighted by Crippen LogP contribution is 2.29. The van der Waals surface area contributed by atoms with Crippen LogP contribution in [0.2, 0.25) is 0 Å². The Bertz CT molecular complexity index is 272. The summed E-state index contributed by atoms with van der Waals surface area (Å²) in [6.07, 6.45) is 0. The normalized spacial score (nSPS) is 21.4. The van der Waals surface area contributed by atoms with Crippen molar-refractivity contribution >= 4 is 24.2 Å². The van der Waals surface area contributed by atoms with Crippen molar-refractivity contribution in [1.82, 2.24) is 5.32 Å². The Morgan fingerprint density at radius 1 is 1.29 bits per heavy atom. The lowest BCUT2D eigenvalue weighted by Gasteiger charge is -2.22. The standard InChI is InChI=1S/C10H12FNS.ClH/c11-9-3-1-8(2-4-9)10-7-12-5-6-13-10;/h1-4,10,12H,5-7H2;1H. The average molecular weight is 234 g/mol. The molecule has 1 nitrogen and oxygen atoms in total. The lowest BCUT2D eigenvalue weighted by molar-refractivity contribution is 0.625. The third-order valence-corrected chi connectivity index (χ3v) is 3.45. The maximum Gasteiger partial charge on any atom is 0.123 e. The van der Waals surface area contributed by atoms with Gasteiger partial charge in [-0.3, -0.25) is 0 Å². The van der Waals surface area contributed by atoms with Crippen molar-refractivity contribution < 1.29 is 4.39 Å². The third-order valence-electron chi connectivity index (χ3n) is 2.17. The fourth-order valence-corrected chi connectivity index (χ4v) is 2.59. The van der Waals surface area contributed by atoms with Crippen LogP contribution in [0, 0.1) is 5.82 Å². The van der Waals surface area contributed by atoms with Crippen LogP contribution in [0.4, 0.5) is 4.39 Å². The molecule has 0 amide bonds. The van der Waals surface area contributed by atoms with Crippen LogP contribution in [0.3, 0.4) is 0 Å². The number of hydrogen-bond donors (Lipinski definition) is 1. The van der Waals surface area contributed by atoms with E-state index < -0.39 is 0 Å². The molecule has 4 heteroatoms. The predicted octanol–water partition coefficient (Wildman–Crippen LogP) is 2.63. The van der Waals surface area contributed by atoms with E-state index in [-0.39, 0.29) is 18.2 Å². The molecule has 1 N–H and O–H groups in total. The van der Waals surface area contributed by atoms with E-state index in [1.807, 2.05) is 23.9 Å². The van der Waals surface area contributed by atoms with Gasteiger partial charge in [-0.15, -0.1) is 12.4 Å². The molecule has 0 aliphatic carbocycles. The van der Waals surface area contributed by atoms with Gasteiger partial charge >= 0.3 is 0 Å². The maximum atomic E-state index is 12.6. The minimum atomic E-state index is -0.155. The summed E-state index contributed by atoms with van der Waals surface area (Å²) in [7, 11) is 0. The topological polar surface area (TPSA) is 12.0 Å². The Hall–Kier alpha value is -0.250. The van der Waals surface area contributed by atoms with Crippen LogP contribution >= 0.6 is 24.2 Å². The molecule has 78 valence electrons. The lowest BCUT2D eigenvalue weighted by Crippen LogP contribution is -2.28. The van der Waals surface area contributed by atoms with Gasteiger partial charge in [-0.25, -0.2) is 4.39 Å². The second-order valence-corrected chi connectivity index (χ2v) is 4.43. The first-order chi connectivity index (χ1) is 6.36. The van der Waals surface area contributed by atoms with Crippen LogP contribution in [0.1, 0.15) is 10.8 Å². The molecule has 1 saturated heterocycles. The summed E-state index contributed by atoms with van der Waals surface area (Å²) in [4.78, 5) is 0. The Kier molecular flexibility index (Phi) is 4.72. The van der Waals surface area contributed by atoms with E-state index in [1.54, 1.807) is 0 Å². The molecule has 0 spiro atoms. The van der Waals surface area contributed by atoms with E-state index in [2.05, 4.69) is 5.32 Å². The van der Waals surface area contributed by atoms with E-state index in [0.717, 1.165) is 18.8 Å². The van der Waals surface area contributed by atoms with Gasteiger partial charge in [0.1, 0.15) is 5.82 Å². The van der Waals surface area contributed by atoms with E-state index >= 15 is 0 Å². The van der Waals surface area contributed by atoms with Crippen LogP contribution in [0.15, 0.2) is 24.3 Å². The van der Waals surface area contributed by atoms with Crippen molar-refractivity contribution in [2.45, 2.75) is 5.25 Å². The monoisotopic (exact) mass is 233 g/mol. The highest BCUT2D eigenvalue weighted by Gasteiger charge is 2.14. The van der Waals surface area contributed by atoms with Crippen molar-refractivity contribution in [1.29, 1.82) is 0 Å². The smallest absolute Gasteiger partial charge is 0.123 e. The maximum absolute atomic E-state index is 12.6. The summed E-state index contributed by atoms with van der Waals surface area (Å²) in [6.45, 7) is 2.08. The van der Waals surface area contributed by atoms with Crippen LogP contribution in [-0.4, -0.2) is 18.8 Å². The van der Waals surface area contributed by atoms with Gasteiger partial charge in [0.15, 0.2) is 0 Å². The van der Waals surface area contributed by atoms with Gasteiger partial charge in [0.05, 0.1) is 0 Å². The zero-order valence-corrected chi connectivity index (χ0v) is 9.34. The number of halogens is 2. The molecule has 1 unspecified atom stereocenters. The van der Waals surface area contributed by atoms with Crippen molar-refractivity contribution in [2.24, 2.45) is 0 Å². The number of thioether (sulfide) groups is 1. The van der Waals surface area contributed by atoms with Crippen LogP contribution < -0.4 is 5.32 Å². The van der Waals surface area contributed by atoms with Gasteiger partial charge < -0.3 is 5.32 Å². The van der Waals surface area contributed by atoms with Crippen LogP contribution in [0.5, 0.6) is 0 Å². The Balaban J connectivity index is 0.000000980. The molecule has 0 radical (unpaired) electrons. The first-order valence-electron chi connectivity index (χ1n) is 4.44. The first kappa shape index (κ1) is 11.8. The fourth-order valence-electron chi connectivity index (χ4n) is 1.46. The van der Waals surface area contributed by atoms with Crippen molar-refractivity contribution in [3.63, 3.8) is 0 Å². The number of hydrogen-bond acceptors (Lipinski definition) is 2. The molecule has 1 aromatic carbocycles. The van der Waals surface area contributed by atoms with Gasteiger partial charge in [-0.2, -0.15) is 11.8 Å². The summed E-state index contributed by atoms with van der Waals surface area (Å²) in [5.74, 6) is 0.986. The number of nitrogens with one attached hydrogen (secondary N) is 1. The molecule has 1 aromatic rings. The lowest BCUT2D eigenvalue weighted by atomic mass is 10.1. The summed E-state index contributed by atoms with van der Waals surface area (Å²) < 4.78 is 12.6. The molecule has 0 saturated carbocycles. The predicted molar refractivity (Wildman–Crippen MR) is 61.7 cm³/mol. The van der Waals surface area contributed by atoms with E-state index in [4.69, 9.17) is 0 Å². The molecule has 2 rings (SSSR count).